The standard InChI is InChI=1S/C25H33NO5/c1-17-19(7-8-23(27)26-13-6-14-29-2)24(28)30-22-16-21-18(15-20(17)22)9-12-25(31-21)10-4-3-5-11-25/h15-16H,3-14H2,1-2H3,(H,26,27). The fourth-order valence-corrected chi connectivity index (χ4v) is 5.01. The van der Waals surface area contributed by atoms with Crippen molar-refractivity contribution in [2.45, 2.75) is 76.7 Å². The number of rotatable bonds is 7. The summed E-state index contributed by atoms with van der Waals surface area (Å²) >= 11 is 0. The third-order valence-electron chi connectivity index (χ3n) is 6.86. The molecule has 31 heavy (non-hydrogen) atoms. The first-order chi connectivity index (χ1) is 15.0. The number of amides is 1. The van der Waals surface area contributed by atoms with E-state index in [-0.39, 0.29) is 23.6 Å². The van der Waals surface area contributed by atoms with E-state index in [0.29, 0.717) is 30.7 Å². The fourth-order valence-electron chi connectivity index (χ4n) is 5.01. The van der Waals surface area contributed by atoms with Gasteiger partial charge in [-0.15, -0.1) is 0 Å². The lowest BCUT2D eigenvalue weighted by Crippen LogP contribution is -2.41. The lowest BCUT2D eigenvalue weighted by molar-refractivity contribution is -0.121. The largest absolute Gasteiger partial charge is 0.487 e. The molecular formula is C25H33NO5. The van der Waals surface area contributed by atoms with Crippen LogP contribution in [0.15, 0.2) is 21.3 Å². The third kappa shape index (κ3) is 4.79. The number of hydrogen-bond acceptors (Lipinski definition) is 5. The van der Waals surface area contributed by atoms with Crippen LogP contribution in [0.2, 0.25) is 0 Å². The SMILES string of the molecule is COCCCNC(=O)CCc1c(C)c2cc3c(cc2oc1=O)OC1(CCCCC1)CC3. The molecule has 4 rings (SSSR count). The smallest absolute Gasteiger partial charge is 0.339 e. The summed E-state index contributed by atoms with van der Waals surface area (Å²) in [5, 5.41) is 3.81. The molecular weight excluding hydrogens is 394 g/mol. The topological polar surface area (TPSA) is 77.8 Å². The summed E-state index contributed by atoms with van der Waals surface area (Å²) < 4.78 is 17.1. The van der Waals surface area contributed by atoms with Crippen molar-refractivity contribution in [1.29, 1.82) is 0 Å². The zero-order valence-electron chi connectivity index (χ0n) is 18.7. The van der Waals surface area contributed by atoms with Gasteiger partial charge in [0.05, 0.1) is 0 Å². The number of hydrogen-bond donors (Lipinski definition) is 1. The molecule has 0 unspecified atom stereocenters. The van der Waals surface area contributed by atoms with Crippen LogP contribution in [-0.2, 0) is 22.4 Å². The normalized spacial score (nSPS) is 17.4. The van der Waals surface area contributed by atoms with Crippen LogP contribution in [0.4, 0.5) is 0 Å². The monoisotopic (exact) mass is 427 g/mol. The van der Waals surface area contributed by atoms with Crippen molar-refractivity contribution < 1.29 is 18.7 Å². The molecule has 0 bridgehead atoms. The van der Waals surface area contributed by atoms with Crippen molar-refractivity contribution in [3.8, 4) is 5.75 Å². The van der Waals surface area contributed by atoms with Crippen LogP contribution < -0.4 is 15.7 Å². The fraction of sp³-hybridized carbons (Fsp3) is 0.600. The molecule has 1 spiro atoms. The van der Waals surface area contributed by atoms with E-state index >= 15 is 0 Å². The maximum atomic E-state index is 12.7. The van der Waals surface area contributed by atoms with Crippen LogP contribution in [0.3, 0.4) is 0 Å². The van der Waals surface area contributed by atoms with Gasteiger partial charge in [0.15, 0.2) is 0 Å². The van der Waals surface area contributed by atoms with Crippen molar-refractivity contribution in [1.82, 2.24) is 5.32 Å². The van der Waals surface area contributed by atoms with Gasteiger partial charge in [0.25, 0.3) is 0 Å². The highest BCUT2D eigenvalue weighted by Gasteiger charge is 2.37. The summed E-state index contributed by atoms with van der Waals surface area (Å²) in [5.41, 5.74) is 2.84. The Labute approximate surface area is 183 Å². The van der Waals surface area contributed by atoms with Gasteiger partial charge in [-0.25, -0.2) is 4.79 Å². The second-order valence-corrected chi connectivity index (χ2v) is 8.99. The van der Waals surface area contributed by atoms with Gasteiger partial charge in [0.2, 0.25) is 5.91 Å². The molecule has 2 aromatic rings. The molecule has 1 aromatic heterocycles. The molecule has 1 saturated carbocycles. The van der Waals surface area contributed by atoms with E-state index in [4.69, 9.17) is 13.9 Å². The molecule has 2 heterocycles. The summed E-state index contributed by atoms with van der Waals surface area (Å²) in [5.74, 6) is 0.804. The molecule has 1 N–H and O–H groups in total. The Kier molecular flexibility index (Phi) is 6.65. The van der Waals surface area contributed by atoms with Gasteiger partial charge >= 0.3 is 5.63 Å². The minimum atomic E-state index is -0.361. The van der Waals surface area contributed by atoms with Gasteiger partial charge in [0, 0.05) is 43.7 Å². The number of carbonyl (C=O) groups excluding carboxylic acids is 1. The van der Waals surface area contributed by atoms with Crippen LogP contribution in [0.25, 0.3) is 11.0 Å². The number of carbonyl (C=O) groups is 1. The number of benzene rings is 1. The van der Waals surface area contributed by atoms with E-state index in [1.165, 1.54) is 24.8 Å². The average molecular weight is 428 g/mol. The number of methoxy groups -OCH3 is 1. The Morgan fingerprint density at radius 3 is 2.77 bits per heavy atom. The first-order valence-corrected chi connectivity index (χ1v) is 11.6. The highest BCUT2D eigenvalue weighted by atomic mass is 16.5. The number of nitrogens with one attached hydrogen (secondary N) is 1. The summed E-state index contributed by atoms with van der Waals surface area (Å²) in [6.45, 7) is 3.14. The Morgan fingerprint density at radius 2 is 2.00 bits per heavy atom. The minimum absolute atomic E-state index is 0.0369. The number of ether oxygens (including phenoxy) is 2. The van der Waals surface area contributed by atoms with Gasteiger partial charge in [-0.2, -0.15) is 0 Å². The van der Waals surface area contributed by atoms with Crippen LogP contribution in [0.1, 0.15) is 68.1 Å². The van der Waals surface area contributed by atoms with E-state index in [0.717, 1.165) is 48.8 Å². The van der Waals surface area contributed by atoms with Crippen LogP contribution in [0, 0.1) is 6.92 Å². The molecule has 1 fully saturated rings. The summed E-state index contributed by atoms with van der Waals surface area (Å²) in [6.07, 6.45) is 9.41. The molecule has 1 aliphatic carbocycles. The van der Waals surface area contributed by atoms with Gasteiger partial charge < -0.3 is 19.2 Å². The van der Waals surface area contributed by atoms with E-state index in [9.17, 15) is 9.59 Å². The Hall–Kier alpha value is -2.34. The van der Waals surface area contributed by atoms with Crippen molar-refractivity contribution in [2.75, 3.05) is 20.3 Å². The van der Waals surface area contributed by atoms with Gasteiger partial charge in [0.1, 0.15) is 16.9 Å². The maximum Gasteiger partial charge on any atom is 0.339 e. The number of fused-ring (bicyclic) bond motifs is 2. The molecule has 1 amide bonds. The second kappa shape index (κ2) is 9.43. The highest BCUT2D eigenvalue weighted by molar-refractivity contribution is 5.84. The van der Waals surface area contributed by atoms with E-state index < -0.39 is 0 Å². The summed E-state index contributed by atoms with van der Waals surface area (Å²) in [4.78, 5) is 24.8. The summed E-state index contributed by atoms with van der Waals surface area (Å²) in [6, 6.07) is 4.02. The van der Waals surface area contributed by atoms with Gasteiger partial charge in [-0.3, -0.25) is 4.79 Å². The quantitative estimate of drug-likeness (QED) is 0.529. The van der Waals surface area contributed by atoms with Crippen molar-refractivity contribution in [3.05, 3.63) is 39.2 Å². The molecule has 0 atom stereocenters. The first kappa shape index (κ1) is 21.9. The minimum Gasteiger partial charge on any atom is -0.487 e. The predicted octanol–water partition coefficient (Wildman–Crippen LogP) is 4.21. The number of aryl methyl sites for hydroxylation is 2. The Morgan fingerprint density at radius 1 is 1.19 bits per heavy atom. The van der Waals surface area contributed by atoms with Crippen LogP contribution in [0.5, 0.6) is 5.75 Å². The molecule has 2 aliphatic rings. The van der Waals surface area contributed by atoms with E-state index in [1.807, 2.05) is 13.0 Å². The van der Waals surface area contributed by atoms with Gasteiger partial charge in [-0.1, -0.05) is 6.42 Å². The van der Waals surface area contributed by atoms with Crippen molar-refractivity contribution in [2.24, 2.45) is 0 Å². The average Bonchev–Trinajstić information content (AvgIpc) is 2.76. The van der Waals surface area contributed by atoms with Crippen LogP contribution in [-0.4, -0.2) is 31.8 Å². The molecule has 1 aromatic carbocycles. The molecule has 0 saturated heterocycles. The second-order valence-electron chi connectivity index (χ2n) is 8.99. The predicted molar refractivity (Wildman–Crippen MR) is 120 cm³/mol. The molecule has 6 heteroatoms. The molecule has 1 aliphatic heterocycles. The van der Waals surface area contributed by atoms with E-state index in [2.05, 4.69) is 11.4 Å². The Bertz CT molecular complexity index is 1000. The maximum absolute atomic E-state index is 12.7. The van der Waals surface area contributed by atoms with Gasteiger partial charge in [-0.05, 0) is 75.5 Å². The highest BCUT2D eigenvalue weighted by Crippen LogP contribution is 2.43. The van der Waals surface area contributed by atoms with Crippen molar-refractivity contribution in [3.63, 3.8) is 0 Å². The van der Waals surface area contributed by atoms with E-state index in [1.54, 1.807) is 7.11 Å². The Balaban J connectivity index is 1.52. The molecule has 168 valence electrons. The lowest BCUT2D eigenvalue weighted by atomic mass is 9.79. The van der Waals surface area contributed by atoms with Crippen LogP contribution >= 0.6 is 0 Å². The first-order valence-electron chi connectivity index (χ1n) is 11.6. The molecule has 0 radical (unpaired) electrons. The van der Waals surface area contributed by atoms with Crippen molar-refractivity contribution >= 4 is 16.9 Å². The zero-order chi connectivity index (χ0) is 21.8. The molecule has 6 nitrogen and oxygen atoms in total. The zero-order valence-corrected chi connectivity index (χ0v) is 18.7. The third-order valence-corrected chi connectivity index (χ3v) is 6.86. The summed E-state index contributed by atoms with van der Waals surface area (Å²) in [7, 11) is 1.64. The lowest BCUT2D eigenvalue weighted by Gasteiger charge is -2.41.